The van der Waals surface area contributed by atoms with E-state index in [1.165, 1.54) is 11.8 Å². The minimum atomic E-state index is 0.123. The molecular weight excluding hydrogens is 210 g/mol. The van der Waals surface area contributed by atoms with E-state index >= 15 is 0 Å². The van der Waals surface area contributed by atoms with Gasteiger partial charge in [-0.15, -0.1) is 0 Å². The molecule has 0 saturated heterocycles. The van der Waals surface area contributed by atoms with Gasteiger partial charge in [0, 0.05) is 32.3 Å². The molecule has 1 aromatic rings. The maximum absolute atomic E-state index is 10.6. The van der Waals surface area contributed by atoms with Crippen molar-refractivity contribution in [2.75, 3.05) is 11.5 Å². The van der Waals surface area contributed by atoms with Crippen LogP contribution in [0.1, 0.15) is 18.9 Å². The number of aryl methyl sites for hydroxylation is 1. The van der Waals surface area contributed by atoms with Gasteiger partial charge in [0.05, 0.1) is 5.56 Å². The highest BCUT2D eigenvalue weighted by Gasteiger charge is 1.98. The number of rotatable bonds is 2. The highest BCUT2D eigenvalue weighted by molar-refractivity contribution is 8.13. The van der Waals surface area contributed by atoms with Crippen molar-refractivity contribution < 1.29 is 4.79 Å². The van der Waals surface area contributed by atoms with Gasteiger partial charge in [0.15, 0.2) is 10.9 Å². The monoisotopic (exact) mass is 223 g/mol. The average Bonchev–Trinajstić information content (AvgIpc) is 2.44. The third-order valence-corrected chi connectivity index (χ3v) is 2.43. The Labute approximate surface area is 93.2 Å². The molecule has 0 unspecified atom stereocenters. The van der Waals surface area contributed by atoms with Crippen molar-refractivity contribution >= 4 is 22.7 Å². The summed E-state index contributed by atoms with van der Waals surface area (Å²) in [6.45, 7) is 1.55. The van der Waals surface area contributed by atoms with Crippen molar-refractivity contribution in [1.29, 1.82) is 0 Å². The Morgan fingerprint density at radius 1 is 1.73 bits per heavy atom. The minimum Gasteiger partial charge on any atom is -0.381 e. The van der Waals surface area contributed by atoms with Gasteiger partial charge in [-0.3, -0.25) is 9.48 Å². The van der Waals surface area contributed by atoms with Gasteiger partial charge in [-0.1, -0.05) is 23.6 Å². The van der Waals surface area contributed by atoms with Crippen molar-refractivity contribution in [3.8, 4) is 11.8 Å². The fourth-order valence-electron chi connectivity index (χ4n) is 1.01. The fourth-order valence-corrected chi connectivity index (χ4v) is 1.50. The molecule has 0 fully saturated rings. The number of anilines is 1. The maximum Gasteiger partial charge on any atom is 0.185 e. The highest BCUT2D eigenvalue weighted by atomic mass is 32.2. The van der Waals surface area contributed by atoms with Crippen molar-refractivity contribution in [2.45, 2.75) is 13.3 Å². The van der Waals surface area contributed by atoms with Crippen LogP contribution in [0.5, 0.6) is 0 Å². The lowest BCUT2D eigenvalue weighted by Crippen LogP contribution is -1.90. The molecule has 0 aliphatic carbocycles. The zero-order valence-corrected chi connectivity index (χ0v) is 9.60. The number of carbonyl (C=O) groups excluding carboxylic acids is 1. The molecule has 2 N–H and O–H groups in total. The van der Waals surface area contributed by atoms with E-state index in [9.17, 15) is 4.79 Å². The van der Waals surface area contributed by atoms with Gasteiger partial charge in [-0.05, 0) is 0 Å². The molecule has 0 saturated carbocycles. The zero-order chi connectivity index (χ0) is 11.3. The summed E-state index contributed by atoms with van der Waals surface area (Å²) in [7, 11) is 1.80. The summed E-state index contributed by atoms with van der Waals surface area (Å²) >= 11 is 1.28. The Morgan fingerprint density at radius 3 is 3.00 bits per heavy atom. The molecule has 1 heterocycles. The normalized spacial score (nSPS) is 9.47. The van der Waals surface area contributed by atoms with E-state index in [4.69, 9.17) is 5.73 Å². The van der Waals surface area contributed by atoms with Crippen LogP contribution in [0.3, 0.4) is 0 Å². The first kappa shape index (κ1) is 11.7. The molecule has 15 heavy (non-hydrogen) atoms. The second-order valence-corrected chi connectivity index (χ2v) is 4.27. The second-order valence-electron chi connectivity index (χ2n) is 2.99. The lowest BCUT2D eigenvalue weighted by atomic mass is 10.3. The molecule has 0 bridgehead atoms. The Balaban J connectivity index is 2.44. The SMILES string of the molecule is CC(=O)SCCC#Cc1cn(C)nc1N. The predicted molar refractivity (Wildman–Crippen MR) is 62.3 cm³/mol. The smallest absolute Gasteiger partial charge is 0.185 e. The number of thioether (sulfide) groups is 1. The molecule has 0 radical (unpaired) electrons. The summed E-state index contributed by atoms with van der Waals surface area (Å²) in [5.74, 6) is 7.05. The number of hydrogen-bond donors (Lipinski definition) is 1. The van der Waals surface area contributed by atoms with Gasteiger partial charge in [0.1, 0.15) is 0 Å². The summed E-state index contributed by atoms with van der Waals surface area (Å²) in [5, 5.41) is 4.09. The van der Waals surface area contributed by atoms with Crippen LogP contribution in [0, 0.1) is 11.8 Å². The molecule has 80 valence electrons. The first-order valence-electron chi connectivity index (χ1n) is 4.51. The van der Waals surface area contributed by atoms with E-state index in [-0.39, 0.29) is 5.12 Å². The second kappa shape index (κ2) is 5.47. The van der Waals surface area contributed by atoms with Crippen LogP contribution in [0.2, 0.25) is 0 Å². The van der Waals surface area contributed by atoms with E-state index in [0.29, 0.717) is 12.2 Å². The lowest BCUT2D eigenvalue weighted by molar-refractivity contribution is -0.109. The Hall–Kier alpha value is -1.41. The highest BCUT2D eigenvalue weighted by Crippen LogP contribution is 2.06. The number of nitrogens with zero attached hydrogens (tertiary/aromatic N) is 2. The molecule has 0 aromatic carbocycles. The van der Waals surface area contributed by atoms with Gasteiger partial charge < -0.3 is 5.73 Å². The van der Waals surface area contributed by atoms with Crippen LogP contribution in [0.4, 0.5) is 5.82 Å². The van der Waals surface area contributed by atoms with E-state index < -0.39 is 0 Å². The van der Waals surface area contributed by atoms with E-state index in [2.05, 4.69) is 16.9 Å². The number of hydrogen-bond acceptors (Lipinski definition) is 4. The molecular formula is C10H13N3OS. The molecule has 1 rings (SSSR count). The third-order valence-electron chi connectivity index (χ3n) is 1.61. The zero-order valence-electron chi connectivity index (χ0n) is 8.78. The quantitative estimate of drug-likeness (QED) is 0.601. The van der Waals surface area contributed by atoms with Crippen molar-refractivity contribution in [1.82, 2.24) is 9.78 Å². The Bertz CT molecular complexity index is 414. The van der Waals surface area contributed by atoms with Crippen LogP contribution >= 0.6 is 11.8 Å². The Morgan fingerprint density at radius 2 is 2.47 bits per heavy atom. The van der Waals surface area contributed by atoms with Gasteiger partial charge >= 0.3 is 0 Å². The van der Waals surface area contributed by atoms with Crippen LogP contribution in [0.25, 0.3) is 0 Å². The summed E-state index contributed by atoms with van der Waals surface area (Å²) < 4.78 is 1.63. The van der Waals surface area contributed by atoms with Crippen molar-refractivity contribution in [3.63, 3.8) is 0 Å². The predicted octanol–water partition coefficient (Wildman–Crippen LogP) is 1.02. The lowest BCUT2D eigenvalue weighted by Gasteiger charge is -1.88. The summed E-state index contributed by atoms with van der Waals surface area (Å²) in [6, 6.07) is 0. The topological polar surface area (TPSA) is 60.9 Å². The molecule has 0 aliphatic heterocycles. The molecule has 0 amide bonds. The number of aromatic nitrogens is 2. The van der Waals surface area contributed by atoms with Gasteiger partial charge in [0.25, 0.3) is 0 Å². The average molecular weight is 223 g/mol. The molecule has 0 aliphatic rings. The largest absolute Gasteiger partial charge is 0.381 e. The Kier molecular flexibility index (Phi) is 4.25. The third kappa shape index (κ3) is 4.09. The summed E-state index contributed by atoms with van der Waals surface area (Å²) in [5.41, 5.74) is 6.35. The number of nitrogens with two attached hydrogens (primary N) is 1. The molecule has 4 nitrogen and oxygen atoms in total. The van der Waals surface area contributed by atoms with Gasteiger partial charge in [0.2, 0.25) is 0 Å². The molecule has 1 aromatic heterocycles. The van der Waals surface area contributed by atoms with Crippen LogP contribution in [0.15, 0.2) is 6.20 Å². The van der Waals surface area contributed by atoms with Crippen LogP contribution < -0.4 is 5.73 Å². The standard InChI is InChI=1S/C10H13N3OS/c1-8(14)15-6-4-3-5-9-7-13(2)12-10(9)11/h7H,4,6H2,1-2H3,(H2,11,12). The van der Waals surface area contributed by atoms with Crippen molar-refractivity contribution in [2.24, 2.45) is 7.05 Å². The van der Waals surface area contributed by atoms with Crippen LogP contribution in [-0.2, 0) is 11.8 Å². The fraction of sp³-hybridized carbons (Fsp3) is 0.400. The summed E-state index contributed by atoms with van der Waals surface area (Å²) in [4.78, 5) is 10.6. The first-order chi connectivity index (χ1) is 7.09. The molecule has 5 heteroatoms. The minimum absolute atomic E-state index is 0.123. The number of nitrogen functional groups attached to an aromatic ring is 1. The van der Waals surface area contributed by atoms with E-state index in [0.717, 1.165) is 11.3 Å². The van der Waals surface area contributed by atoms with Gasteiger partial charge in [-0.2, -0.15) is 5.10 Å². The summed E-state index contributed by atoms with van der Waals surface area (Å²) in [6.07, 6.45) is 2.46. The number of carbonyl (C=O) groups is 1. The maximum atomic E-state index is 10.6. The van der Waals surface area contributed by atoms with Crippen molar-refractivity contribution in [3.05, 3.63) is 11.8 Å². The van der Waals surface area contributed by atoms with Gasteiger partial charge in [-0.25, -0.2) is 0 Å². The molecule has 0 atom stereocenters. The first-order valence-corrected chi connectivity index (χ1v) is 5.49. The van der Waals surface area contributed by atoms with E-state index in [1.807, 2.05) is 0 Å². The van der Waals surface area contributed by atoms with E-state index in [1.54, 1.807) is 24.9 Å². The van der Waals surface area contributed by atoms with Crippen LogP contribution in [-0.4, -0.2) is 20.6 Å². The molecule has 0 spiro atoms.